The number of aliphatic hydroxyl groups is 1. The van der Waals surface area contributed by atoms with E-state index >= 15 is 0 Å². The molecule has 0 fully saturated rings. The van der Waals surface area contributed by atoms with Gasteiger partial charge in [-0.25, -0.2) is 13.1 Å². The molecule has 0 aliphatic heterocycles. The Bertz CT molecular complexity index is 985. The van der Waals surface area contributed by atoms with Crippen LogP contribution in [0.5, 0.6) is 0 Å². The SMILES string of the molecule is CC(C)(C)NS(=O)(=O)c1cccc(NC(=O)C(=O)NC(CCO)c2ccccc2)c1. The maximum atomic E-state index is 12.5. The summed E-state index contributed by atoms with van der Waals surface area (Å²) in [5, 5.41) is 14.3. The van der Waals surface area contributed by atoms with Gasteiger partial charge in [0.2, 0.25) is 10.0 Å². The molecule has 8 nitrogen and oxygen atoms in total. The van der Waals surface area contributed by atoms with Crippen LogP contribution < -0.4 is 15.4 Å². The second-order valence-corrected chi connectivity index (χ2v) is 9.47. The maximum absolute atomic E-state index is 12.5. The number of aliphatic hydroxyl groups excluding tert-OH is 1. The molecule has 9 heteroatoms. The summed E-state index contributed by atoms with van der Waals surface area (Å²) in [6.45, 7) is 4.99. The number of hydrogen-bond donors (Lipinski definition) is 4. The Morgan fingerprint density at radius 3 is 2.27 bits per heavy atom. The van der Waals surface area contributed by atoms with E-state index < -0.39 is 33.4 Å². The molecule has 0 aliphatic carbocycles. The first-order valence-electron chi connectivity index (χ1n) is 9.43. The summed E-state index contributed by atoms with van der Waals surface area (Å²) in [5.74, 6) is -1.83. The highest BCUT2D eigenvalue weighted by Crippen LogP contribution is 2.18. The molecule has 2 amide bonds. The molecule has 30 heavy (non-hydrogen) atoms. The van der Waals surface area contributed by atoms with Gasteiger partial charge in [0, 0.05) is 17.8 Å². The monoisotopic (exact) mass is 433 g/mol. The summed E-state index contributed by atoms with van der Waals surface area (Å²) in [6, 6.07) is 14.1. The molecule has 0 aromatic heterocycles. The van der Waals surface area contributed by atoms with E-state index in [1.807, 2.05) is 6.07 Å². The number of carbonyl (C=O) groups is 2. The Morgan fingerprint density at radius 2 is 1.67 bits per heavy atom. The van der Waals surface area contributed by atoms with E-state index in [-0.39, 0.29) is 23.6 Å². The summed E-state index contributed by atoms with van der Waals surface area (Å²) < 4.78 is 27.5. The van der Waals surface area contributed by atoms with Crippen LogP contribution in [0.2, 0.25) is 0 Å². The lowest BCUT2D eigenvalue weighted by Gasteiger charge is -2.20. The second kappa shape index (κ2) is 9.84. The van der Waals surface area contributed by atoms with Crippen molar-refractivity contribution in [3.8, 4) is 0 Å². The van der Waals surface area contributed by atoms with Gasteiger partial charge in [0.1, 0.15) is 0 Å². The predicted octanol–water partition coefficient (Wildman–Crippen LogP) is 1.94. The fourth-order valence-corrected chi connectivity index (χ4v) is 4.22. The highest BCUT2D eigenvalue weighted by atomic mass is 32.2. The molecule has 2 aromatic rings. The molecule has 4 N–H and O–H groups in total. The number of nitrogens with one attached hydrogen (secondary N) is 3. The Labute approximate surface area is 176 Å². The zero-order valence-corrected chi connectivity index (χ0v) is 18.0. The first kappa shape index (κ1) is 23.5. The number of hydrogen-bond acceptors (Lipinski definition) is 5. The van der Waals surface area contributed by atoms with Gasteiger partial charge in [-0.15, -0.1) is 0 Å². The van der Waals surface area contributed by atoms with Gasteiger partial charge < -0.3 is 15.7 Å². The molecule has 0 saturated carbocycles. The van der Waals surface area contributed by atoms with Crippen LogP contribution in [0.3, 0.4) is 0 Å². The number of sulfonamides is 1. The highest BCUT2D eigenvalue weighted by molar-refractivity contribution is 7.89. The van der Waals surface area contributed by atoms with Crippen molar-refractivity contribution in [1.29, 1.82) is 0 Å². The Balaban J connectivity index is 2.11. The second-order valence-electron chi connectivity index (χ2n) is 7.79. The van der Waals surface area contributed by atoms with Crippen molar-refractivity contribution < 1.29 is 23.1 Å². The predicted molar refractivity (Wildman–Crippen MR) is 114 cm³/mol. The number of rotatable bonds is 7. The zero-order chi connectivity index (χ0) is 22.4. The van der Waals surface area contributed by atoms with Crippen LogP contribution in [0.4, 0.5) is 5.69 Å². The molecule has 1 unspecified atom stereocenters. The molecular formula is C21H27N3O5S. The van der Waals surface area contributed by atoms with Crippen molar-refractivity contribution in [2.24, 2.45) is 0 Å². The molecule has 0 saturated heterocycles. The van der Waals surface area contributed by atoms with E-state index in [0.717, 1.165) is 5.56 Å². The number of anilines is 1. The minimum absolute atomic E-state index is 0.0296. The highest BCUT2D eigenvalue weighted by Gasteiger charge is 2.23. The van der Waals surface area contributed by atoms with E-state index in [4.69, 9.17) is 0 Å². The third-order valence-electron chi connectivity index (χ3n) is 3.97. The fourth-order valence-electron chi connectivity index (χ4n) is 2.75. The molecule has 0 aliphatic rings. The Morgan fingerprint density at radius 1 is 1.00 bits per heavy atom. The lowest BCUT2D eigenvalue weighted by Crippen LogP contribution is -2.40. The summed E-state index contributed by atoms with van der Waals surface area (Å²) in [4.78, 5) is 24.6. The standard InChI is InChI=1S/C21H27N3O5S/c1-21(2,3)24-30(28,29)17-11-7-10-16(14-17)22-19(26)20(27)23-18(12-13-25)15-8-5-4-6-9-15/h4-11,14,18,24-25H,12-13H2,1-3H3,(H,22,26)(H,23,27). The lowest BCUT2D eigenvalue weighted by atomic mass is 10.0. The first-order chi connectivity index (χ1) is 14.0. The van der Waals surface area contributed by atoms with Crippen molar-refractivity contribution >= 4 is 27.5 Å². The van der Waals surface area contributed by atoms with Gasteiger partial charge in [-0.3, -0.25) is 9.59 Å². The van der Waals surface area contributed by atoms with Crippen LogP contribution >= 0.6 is 0 Å². The largest absolute Gasteiger partial charge is 0.396 e. The van der Waals surface area contributed by atoms with Crippen LogP contribution in [-0.2, 0) is 19.6 Å². The van der Waals surface area contributed by atoms with Crippen LogP contribution in [-0.4, -0.2) is 37.5 Å². The Kier molecular flexibility index (Phi) is 7.71. The first-order valence-corrected chi connectivity index (χ1v) is 10.9. The summed E-state index contributed by atoms with van der Waals surface area (Å²) in [6.07, 6.45) is 0.245. The molecule has 0 heterocycles. The van der Waals surface area contributed by atoms with Crippen LogP contribution in [0, 0.1) is 0 Å². The van der Waals surface area contributed by atoms with Crippen molar-refractivity contribution in [3.63, 3.8) is 0 Å². The van der Waals surface area contributed by atoms with Crippen molar-refractivity contribution in [1.82, 2.24) is 10.0 Å². The third kappa shape index (κ3) is 6.94. The molecular weight excluding hydrogens is 406 g/mol. The normalized spacial score (nSPS) is 12.8. The summed E-state index contributed by atoms with van der Waals surface area (Å²) in [7, 11) is -3.79. The van der Waals surface area contributed by atoms with Crippen molar-refractivity contribution in [2.45, 2.75) is 43.7 Å². The number of carbonyl (C=O) groups excluding carboxylic acids is 2. The van der Waals surface area contributed by atoms with E-state index in [2.05, 4.69) is 15.4 Å². The van der Waals surface area contributed by atoms with Gasteiger partial charge in [0.25, 0.3) is 0 Å². The summed E-state index contributed by atoms with van der Waals surface area (Å²) in [5.41, 5.74) is 0.260. The molecule has 0 bridgehead atoms. The van der Waals surface area contributed by atoms with Gasteiger partial charge in [-0.1, -0.05) is 36.4 Å². The average Bonchev–Trinajstić information content (AvgIpc) is 2.66. The van der Waals surface area contributed by atoms with E-state index in [9.17, 15) is 23.1 Å². The van der Waals surface area contributed by atoms with E-state index in [0.29, 0.717) is 0 Å². The van der Waals surface area contributed by atoms with Crippen LogP contribution in [0.25, 0.3) is 0 Å². The third-order valence-corrected chi connectivity index (χ3v) is 5.73. The van der Waals surface area contributed by atoms with Gasteiger partial charge >= 0.3 is 11.8 Å². The molecule has 0 spiro atoms. The fraction of sp³-hybridized carbons (Fsp3) is 0.333. The van der Waals surface area contributed by atoms with Gasteiger partial charge in [-0.2, -0.15) is 0 Å². The van der Waals surface area contributed by atoms with Crippen molar-refractivity contribution in [3.05, 3.63) is 60.2 Å². The topological polar surface area (TPSA) is 125 Å². The molecule has 162 valence electrons. The number of benzene rings is 2. The number of amides is 2. The Hall–Kier alpha value is -2.75. The summed E-state index contributed by atoms with van der Waals surface area (Å²) >= 11 is 0. The molecule has 2 aromatic carbocycles. The van der Waals surface area contributed by atoms with E-state index in [1.54, 1.807) is 45.0 Å². The smallest absolute Gasteiger partial charge is 0.313 e. The van der Waals surface area contributed by atoms with Crippen LogP contribution in [0.1, 0.15) is 38.8 Å². The van der Waals surface area contributed by atoms with Crippen LogP contribution in [0.15, 0.2) is 59.5 Å². The lowest BCUT2D eigenvalue weighted by molar-refractivity contribution is -0.136. The molecule has 1 atom stereocenters. The van der Waals surface area contributed by atoms with Crippen molar-refractivity contribution in [2.75, 3.05) is 11.9 Å². The molecule has 0 radical (unpaired) electrons. The van der Waals surface area contributed by atoms with Gasteiger partial charge in [0.15, 0.2) is 0 Å². The maximum Gasteiger partial charge on any atom is 0.313 e. The average molecular weight is 434 g/mol. The van der Waals surface area contributed by atoms with Gasteiger partial charge in [-0.05, 0) is 51.0 Å². The quantitative estimate of drug-likeness (QED) is 0.497. The zero-order valence-electron chi connectivity index (χ0n) is 17.2. The molecule has 2 rings (SSSR count). The van der Waals surface area contributed by atoms with Gasteiger partial charge in [0.05, 0.1) is 10.9 Å². The minimum atomic E-state index is -3.79. The minimum Gasteiger partial charge on any atom is -0.396 e. The van der Waals surface area contributed by atoms with E-state index in [1.165, 1.54) is 24.3 Å².